The lowest BCUT2D eigenvalue weighted by atomic mass is 10.1. The summed E-state index contributed by atoms with van der Waals surface area (Å²) < 4.78 is 24.9. The van der Waals surface area contributed by atoms with Crippen molar-refractivity contribution in [2.45, 2.75) is 136 Å². The third-order valence-electron chi connectivity index (χ3n) is 5.31. The molecule has 0 heterocycles. The van der Waals surface area contributed by atoms with Crippen LogP contribution in [-0.4, -0.2) is 34.5 Å². The van der Waals surface area contributed by atoms with E-state index < -0.39 is 16.4 Å². The highest BCUT2D eigenvalue weighted by atomic mass is 31.2. The summed E-state index contributed by atoms with van der Waals surface area (Å²) in [6, 6.07) is 0. The van der Waals surface area contributed by atoms with Gasteiger partial charge in [-0.25, -0.2) is 4.57 Å². The van der Waals surface area contributed by atoms with Crippen molar-refractivity contribution in [3.63, 3.8) is 0 Å². The van der Waals surface area contributed by atoms with Crippen LogP contribution in [0, 0.1) is 0 Å². The maximum Gasteiger partial charge on any atom is 0.469 e. The van der Waals surface area contributed by atoms with Crippen molar-refractivity contribution < 1.29 is 32.8 Å². The molecule has 0 bridgehead atoms. The summed E-state index contributed by atoms with van der Waals surface area (Å²) in [6.45, 7) is 7.78. The van der Waals surface area contributed by atoms with E-state index in [1.54, 1.807) is 0 Å². The third kappa shape index (κ3) is 38.8. The van der Waals surface area contributed by atoms with Crippen molar-refractivity contribution in [1.29, 1.82) is 0 Å². The molecule has 7 nitrogen and oxygen atoms in total. The lowest BCUT2D eigenvalue weighted by Crippen LogP contribution is -1.94. The fraction of sp³-hybridized carbons (Fsp3) is 0.923. The summed E-state index contributed by atoms with van der Waals surface area (Å²) in [5, 5.41) is 0. The van der Waals surface area contributed by atoms with E-state index in [4.69, 9.17) is 23.7 Å². The molecule has 9 heteroatoms. The zero-order valence-electron chi connectivity index (χ0n) is 22.9. The largest absolute Gasteiger partial charge is 0.469 e. The first-order valence-electron chi connectivity index (χ1n) is 14.0. The zero-order valence-corrected chi connectivity index (χ0v) is 24.7. The first-order chi connectivity index (χ1) is 16.9. The van der Waals surface area contributed by atoms with E-state index in [2.05, 4.69) is 37.4 Å². The van der Waals surface area contributed by atoms with Crippen LogP contribution in [0.4, 0.5) is 0 Å². The van der Waals surface area contributed by atoms with Crippen LogP contribution < -0.4 is 0 Å². The minimum absolute atomic E-state index is 0.158. The smallest absolute Gasteiger partial charge is 0.328 e. The van der Waals surface area contributed by atoms with Gasteiger partial charge >= 0.3 is 16.4 Å². The second-order valence-electron chi connectivity index (χ2n) is 8.87. The van der Waals surface area contributed by atoms with Crippen LogP contribution in [-0.2, 0) is 18.1 Å². The molecule has 0 amide bonds. The average molecular weight is 543 g/mol. The van der Waals surface area contributed by atoms with E-state index in [1.807, 2.05) is 0 Å². The predicted molar refractivity (Wildman–Crippen MR) is 148 cm³/mol. The first-order valence-corrected chi connectivity index (χ1v) is 16.6. The Kier molecular flexibility index (Phi) is 32.4. The first kappa shape index (κ1) is 37.3. The van der Waals surface area contributed by atoms with Crippen LogP contribution in [0.15, 0.2) is 12.2 Å². The molecule has 0 aromatic rings. The number of allylic oxidation sites excluding steroid dienone is 2. The molecule has 3 N–H and O–H groups in total. The van der Waals surface area contributed by atoms with Crippen molar-refractivity contribution in [1.82, 2.24) is 0 Å². The number of hydrogen-bond donors (Lipinski definition) is 3. The quantitative estimate of drug-likeness (QED) is 0.0600. The van der Waals surface area contributed by atoms with E-state index >= 15 is 0 Å². The highest BCUT2D eigenvalue weighted by molar-refractivity contribution is 7.46. The molecule has 0 aliphatic carbocycles. The number of phosphoric acid groups is 1. The van der Waals surface area contributed by atoms with Gasteiger partial charge in [0.15, 0.2) is 0 Å². The minimum Gasteiger partial charge on any atom is -0.328 e. The topological polar surface area (TPSA) is 105 Å². The number of rotatable bonds is 25. The molecule has 0 rings (SSSR count). The van der Waals surface area contributed by atoms with Crippen molar-refractivity contribution in [2.75, 3.05) is 19.8 Å². The fourth-order valence-corrected chi connectivity index (χ4v) is 4.16. The van der Waals surface area contributed by atoms with Gasteiger partial charge in [0.05, 0.1) is 19.8 Å². The molecular weight excluding hydrogens is 486 g/mol. The Labute approximate surface area is 217 Å². The van der Waals surface area contributed by atoms with Gasteiger partial charge in [-0.2, -0.15) is 0 Å². The molecule has 0 aliphatic heterocycles. The summed E-state index contributed by atoms with van der Waals surface area (Å²) in [4.78, 5) is 26.2. The predicted octanol–water partition coefficient (Wildman–Crippen LogP) is 8.97. The van der Waals surface area contributed by atoms with Crippen molar-refractivity contribution in [2.24, 2.45) is 0 Å². The van der Waals surface area contributed by atoms with E-state index in [0.717, 1.165) is 44.9 Å². The Morgan fingerprint density at radius 3 is 1.43 bits per heavy atom. The average Bonchev–Trinajstić information content (AvgIpc) is 2.81. The fourth-order valence-electron chi connectivity index (χ4n) is 3.14. The molecule has 0 aromatic carbocycles. The van der Waals surface area contributed by atoms with Crippen LogP contribution in [0.25, 0.3) is 0 Å². The Hall–Kier alpha value is 0.160. The number of unbranched alkanes of at least 4 members (excludes halogenated alkanes) is 14. The molecule has 0 fully saturated rings. The molecule has 212 valence electrons. The van der Waals surface area contributed by atoms with Crippen molar-refractivity contribution in [3.05, 3.63) is 12.2 Å². The van der Waals surface area contributed by atoms with Gasteiger partial charge in [-0.1, -0.05) is 104 Å². The van der Waals surface area contributed by atoms with Gasteiger partial charge in [0.2, 0.25) is 0 Å². The standard InChI is InChI=1S/C18H37O4P.C8H19O3P/c1-2-3-4-5-6-7-8-9-10-11-12-13-14-15-16-17-18-22-23(19,20)21;1-3-5-7-10-12(9)11-8-6-4-2/h9-10H,2-8,11-18H2,1H3,(H2,19,20,21);9H,3-8H2,1-2H3. The highest BCUT2D eigenvalue weighted by Crippen LogP contribution is 2.35. The van der Waals surface area contributed by atoms with Crippen LogP contribution in [0.5, 0.6) is 0 Å². The summed E-state index contributed by atoms with van der Waals surface area (Å²) in [5.74, 6) is 0. The second-order valence-corrected chi connectivity index (χ2v) is 11.1. The van der Waals surface area contributed by atoms with Gasteiger partial charge in [0.25, 0.3) is 0 Å². The van der Waals surface area contributed by atoms with Gasteiger partial charge < -0.3 is 23.7 Å². The molecule has 0 unspecified atom stereocenters. The molecule has 0 atom stereocenters. The molecule has 0 radical (unpaired) electrons. The van der Waals surface area contributed by atoms with Crippen LogP contribution in [0.2, 0.25) is 0 Å². The van der Waals surface area contributed by atoms with E-state index in [-0.39, 0.29) is 6.61 Å². The molecule has 0 aromatic heterocycles. The summed E-state index contributed by atoms with van der Waals surface area (Å²) in [6.07, 6.45) is 25.9. The van der Waals surface area contributed by atoms with Gasteiger partial charge in [0, 0.05) is 0 Å². The maximum atomic E-state index is 10.5. The van der Waals surface area contributed by atoms with E-state index in [1.165, 1.54) is 70.6 Å². The maximum absolute atomic E-state index is 10.5. The lowest BCUT2D eigenvalue weighted by Gasteiger charge is -2.09. The Morgan fingerprint density at radius 1 is 0.600 bits per heavy atom. The number of hydrogen-bond acceptors (Lipinski definition) is 5. The highest BCUT2D eigenvalue weighted by Gasteiger charge is 2.12. The zero-order chi connectivity index (χ0) is 26.5. The van der Waals surface area contributed by atoms with Crippen molar-refractivity contribution >= 4 is 16.4 Å². The van der Waals surface area contributed by atoms with Gasteiger partial charge in [-0.15, -0.1) is 0 Å². The Balaban J connectivity index is 0. The number of phosphoric ester groups is 1. The molecular formula is C26H56O7P2. The monoisotopic (exact) mass is 542 g/mol. The van der Waals surface area contributed by atoms with Crippen LogP contribution >= 0.6 is 16.4 Å². The van der Waals surface area contributed by atoms with Gasteiger partial charge in [-0.05, 0) is 44.9 Å². The SMILES string of the molecule is CCCCCCCCC=CCCCCCCCCOP(=O)(O)O.CCCCOP(O)OCCCC. The van der Waals surface area contributed by atoms with Gasteiger partial charge in [-0.3, -0.25) is 4.52 Å². The van der Waals surface area contributed by atoms with Crippen LogP contribution in [0.1, 0.15) is 136 Å². The van der Waals surface area contributed by atoms with E-state index in [0.29, 0.717) is 13.2 Å². The third-order valence-corrected chi connectivity index (χ3v) is 6.64. The Morgan fingerprint density at radius 2 is 1.00 bits per heavy atom. The molecule has 0 aliphatic rings. The summed E-state index contributed by atoms with van der Waals surface area (Å²) >= 11 is 0. The summed E-state index contributed by atoms with van der Waals surface area (Å²) in [7, 11) is -5.87. The normalized spacial score (nSPS) is 11.9. The molecule has 0 saturated heterocycles. The molecule has 0 saturated carbocycles. The molecule has 35 heavy (non-hydrogen) atoms. The van der Waals surface area contributed by atoms with E-state index in [9.17, 15) is 4.57 Å². The lowest BCUT2D eigenvalue weighted by molar-refractivity contribution is 0.193. The summed E-state index contributed by atoms with van der Waals surface area (Å²) in [5.41, 5.74) is 0. The minimum atomic E-state index is -4.26. The van der Waals surface area contributed by atoms with Crippen LogP contribution in [0.3, 0.4) is 0 Å². The second kappa shape index (κ2) is 30.4. The van der Waals surface area contributed by atoms with Crippen molar-refractivity contribution in [3.8, 4) is 0 Å². The molecule has 0 spiro atoms. The van der Waals surface area contributed by atoms with Gasteiger partial charge in [0.1, 0.15) is 0 Å². The Bertz CT molecular complexity index is 463.